The fourth-order valence-corrected chi connectivity index (χ4v) is 1.70. The summed E-state index contributed by atoms with van der Waals surface area (Å²) in [4.78, 5) is 0. The number of hydrogen-bond donors (Lipinski definition) is 1. The van der Waals surface area contributed by atoms with Crippen LogP contribution in [0.1, 0.15) is 11.1 Å². The zero-order valence-corrected chi connectivity index (χ0v) is 9.86. The molecule has 0 amide bonds. The molecule has 1 atom stereocenters. The van der Waals surface area contributed by atoms with Crippen LogP contribution >= 0.6 is 0 Å². The minimum atomic E-state index is -0.754. The van der Waals surface area contributed by atoms with Crippen LogP contribution in [-0.2, 0) is 17.3 Å². The summed E-state index contributed by atoms with van der Waals surface area (Å²) in [5.41, 5.74) is 1.71. The summed E-state index contributed by atoms with van der Waals surface area (Å²) in [6, 6.07) is 5.06. The summed E-state index contributed by atoms with van der Waals surface area (Å²) in [6.07, 6.45) is 1.68. The Kier molecular flexibility index (Phi) is 4.91. The van der Waals surface area contributed by atoms with Crippen LogP contribution in [0, 0.1) is 12.7 Å². The van der Waals surface area contributed by atoms with Crippen molar-refractivity contribution in [3.8, 4) is 0 Å². The van der Waals surface area contributed by atoms with Gasteiger partial charge in [-0.1, -0.05) is 12.1 Å². The third-order valence-corrected chi connectivity index (χ3v) is 2.90. The minimum absolute atomic E-state index is 0.173. The Balaban J connectivity index is 2.38. The molecular formula is C11H16FNOS. The van der Waals surface area contributed by atoms with Crippen LogP contribution in [-0.4, -0.2) is 22.8 Å². The van der Waals surface area contributed by atoms with Crippen molar-refractivity contribution in [2.24, 2.45) is 0 Å². The maximum absolute atomic E-state index is 12.9. The molecule has 1 aromatic rings. The van der Waals surface area contributed by atoms with Crippen LogP contribution in [0.3, 0.4) is 0 Å². The van der Waals surface area contributed by atoms with Gasteiger partial charge in [-0.2, -0.15) is 0 Å². The van der Waals surface area contributed by atoms with Crippen molar-refractivity contribution in [3.05, 3.63) is 35.1 Å². The Labute approximate surface area is 92.3 Å². The summed E-state index contributed by atoms with van der Waals surface area (Å²) in [6.45, 7) is 3.16. The quantitative estimate of drug-likeness (QED) is 0.777. The summed E-state index contributed by atoms with van der Waals surface area (Å²) in [5, 5.41) is 3.16. The maximum Gasteiger partial charge on any atom is 0.126 e. The van der Waals surface area contributed by atoms with Gasteiger partial charge in [0.05, 0.1) is 0 Å². The van der Waals surface area contributed by atoms with Gasteiger partial charge < -0.3 is 5.32 Å². The number of rotatable bonds is 5. The van der Waals surface area contributed by atoms with Gasteiger partial charge in [-0.05, 0) is 24.1 Å². The Morgan fingerprint density at radius 3 is 2.80 bits per heavy atom. The molecule has 0 aliphatic heterocycles. The van der Waals surface area contributed by atoms with E-state index in [-0.39, 0.29) is 5.82 Å². The van der Waals surface area contributed by atoms with Crippen LogP contribution in [0.2, 0.25) is 0 Å². The van der Waals surface area contributed by atoms with Crippen molar-refractivity contribution in [3.63, 3.8) is 0 Å². The summed E-state index contributed by atoms with van der Waals surface area (Å²) >= 11 is 0. The molecular weight excluding hydrogens is 213 g/mol. The first kappa shape index (κ1) is 12.3. The Bertz CT molecular complexity index is 354. The van der Waals surface area contributed by atoms with E-state index in [0.717, 1.165) is 12.1 Å². The van der Waals surface area contributed by atoms with Gasteiger partial charge in [-0.15, -0.1) is 0 Å². The van der Waals surface area contributed by atoms with E-state index in [1.54, 1.807) is 19.2 Å². The maximum atomic E-state index is 12.9. The van der Waals surface area contributed by atoms with Crippen LogP contribution in [0.15, 0.2) is 18.2 Å². The van der Waals surface area contributed by atoms with Gasteiger partial charge in [-0.25, -0.2) is 4.39 Å². The molecule has 1 aromatic carbocycles. The summed E-state index contributed by atoms with van der Waals surface area (Å²) in [5.74, 6) is 0.480. The molecule has 1 unspecified atom stereocenters. The average molecular weight is 229 g/mol. The zero-order valence-electron chi connectivity index (χ0n) is 9.05. The van der Waals surface area contributed by atoms with Crippen LogP contribution < -0.4 is 5.32 Å². The topological polar surface area (TPSA) is 29.1 Å². The highest BCUT2D eigenvalue weighted by Gasteiger charge is 1.98. The first-order valence-electron chi connectivity index (χ1n) is 4.85. The van der Waals surface area contributed by atoms with E-state index in [4.69, 9.17) is 0 Å². The molecule has 0 aliphatic rings. The van der Waals surface area contributed by atoms with E-state index in [0.29, 0.717) is 17.9 Å². The SMILES string of the molecule is Cc1cc(CNCCS(C)=O)ccc1F. The highest BCUT2D eigenvalue weighted by atomic mass is 32.2. The lowest BCUT2D eigenvalue weighted by Gasteiger charge is -2.05. The third-order valence-electron chi connectivity index (χ3n) is 2.12. The lowest BCUT2D eigenvalue weighted by Crippen LogP contribution is -2.19. The van der Waals surface area contributed by atoms with Crippen molar-refractivity contribution in [2.45, 2.75) is 13.5 Å². The van der Waals surface area contributed by atoms with Gasteiger partial charge >= 0.3 is 0 Å². The molecule has 0 spiro atoms. The molecule has 1 N–H and O–H groups in total. The van der Waals surface area contributed by atoms with E-state index >= 15 is 0 Å². The Hall–Kier alpha value is -0.740. The molecule has 0 heterocycles. The Morgan fingerprint density at radius 1 is 1.47 bits per heavy atom. The van der Waals surface area contributed by atoms with E-state index in [9.17, 15) is 8.60 Å². The first-order valence-corrected chi connectivity index (χ1v) is 6.58. The predicted octanol–water partition coefficient (Wildman–Crippen LogP) is 1.60. The molecule has 0 bridgehead atoms. The largest absolute Gasteiger partial charge is 0.312 e. The first-order chi connectivity index (χ1) is 7.09. The molecule has 0 saturated heterocycles. The van der Waals surface area contributed by atoms with Crippen molar-refractivity contribution >= 4 is 10.8 Å². The van der Waals surface area contributed by atoms with Crippen LogP contribution in [0.25, 0.3) is 0 Å². The van der Waals surface area contributed by atoms with E-state index < -0.39 is 10.8 Å². The second-order valence-electron chi connectivity index (χ2n) is 3.54. The van der Waals surface area contributed by atoms with Crippen molar-refractivity contribution < 1.29 is 8.60 Å². The molecule has 2 nitrogen and oxygen atoms in total. The highest BCUT2D eigenvalue weighted by Crippen LogP contribution is 2.08. The predicted molar refractivity (Wildman–Crippen MR) is 61.8 cm³/mol. The molecule has 84 valence electrons. The van der Waals surface area contributed by atoms with Gasteiger partial charge in [0, 0.05) is 35.9 Å². The number of hydrogen-bond acceptors (Lipinski definition) is 2. The Morgan fingerprint density at radius 2 is 2.20 bits per heavy atom. The van der Waals surface area contributed by atoms with E-state index in [1.807, 2.05) is 6.07 Å². The number of benzene rings is 1. The fourth-order valence-electron chi connectivity index (χ4n) is 1.27. The molecule has 0 aliphatic carbocycles. The van der Waals surface area contributed by atoms with E-state index in [1.165, 1.54) is 6.07 Å². The number of halogens is 1. The molecule has 4 heteroatoms. The molecule has 0 aromatic heterocycles. The normalized spacial score (nSPS) is 12.7. The van der Waals surface area contributed by atoms with Crippen molar-refractivity contribution in [1.82, 2.24) is 5.32 Å². The summed E-state index contributed by atoms with van der Waals surface area (Å²) in [7, 11) is -0.754. The second-order valence-corrected chi connectivity index (χ2v) is 5.09. The highest BCUT2D eigenvalue weighted by molar-refractivity contribution is 7.84. The second kappa shape index (κ2) is 5.98. The standard InChI is InChI=1S/C11H16FNOS/c1-9-7-10(3-4-11(9)12)8-13-5-6-15(2)14/h3-4,7,13H,5-6,8H2,1-2H3. The average Bonchev–Trinajstić information content (AvgIpc) is 2.18. The molecule has 0 fully saturated rings. The monoisotopic (exact) mass is 229 g/mol. The van der Waals surface area contributed by atoms with Crippen LogP contribution in [0.4, 0.5) is 4.39 Å². The van der Waals surface area contributed by atoms with Gasteiger partial charge in [-0.3, -0.25) is 4.21 Å². The number of aryl methyl sites for hydroxylation is 1. The summed E-state index contributed by atoms with van der Waals surface area (Å²) < 4.78 is 23.7. The smallest absolute Gasteiger partial charge is 0.126 e. The van der Waals surface area contributed by atoms with Gasteiger partial charge in [0.25, 0.3) is 0 Å². The van der Waals surface area contributed by atoms with E-state index in [2.05, 4.69) is 5.32 Å². The molecule has 1 rings (SSSR count). The minimum Gasteiger partial charge on any atom is -0.312 e. The van der Waals surface area contributed by atoms with Crippen molar-refractivity contribution in [1.29, 1.82) is 0 Å². The van der Waals surface area contributed by atoms with Gasteiger partial charge in [0.15, 0.2) is 0 Å². The van der Waals surface area contributed by atoms with Crippen LogP contribution in [0.5, 0.6) is 0 Å². The lowest BCUT2D eigenvalue weighted by molar-refractivity contribution is 0.616. The molecule has 0 radical (unpaired) electrons. The zero-order chi connectivity index (χ0) is 11.3. The molecule has 0 saturated carbocycles. The molecule has 15 heavy (non-hydrogen) atoms. The lowest BCUT2D eigenvalue weighted by atomic mass is 10.1. The fraction of sp³-hybridized carbons (Fsp3) is 0.455. The van der Waals surface area contributed by atoms with Gasteiger partial charge in [0.2, 0.25) is 0 Å². The van der Waals surface area contributed by atoms with Gasteiger partial charge in [0.1, 0.15) is 5.82 Å². The van der Waals surface area contributed by atoms with Crippen molar-refractivity contribution in [2.75, 3.05) is 18.6 Å². The third kappa shape index (κ3) is 4.53. The number of nitrogens with one attached hydrogen (secondary N) is 1.